The standard InChI is InChI=1S/C12H13N3O2/c1-3-17-12(16)11-8-15(14-9(11)2)10-5-4-6-13-7-10/h4-8H,3H2,1-2H3. The molecule has 0 unspecified atom stereocenters. The molecule has 5 nitrogen and oxygen atoms in total. The monoisotopic (exact) mass is 231 g/mol. The average molecular weight is 231 g/mol. The first-order valence-electron chi connectivity index (χ1n) is 5.36. The minimum atomic E-state index is -0.347. The van der Waals surface area contributed by atoms with E-state index < -0.39 is 0 Å². The van der Waals surface area contributed by atoms with Crippen molar-refractivity contribution in [3.05, 3.63) is 42.0 Å². The van der Waals surface area contributed by atoms with Crippen LogP contribution in [0.25, 0.3) is 5.69 Å². The number of carbonyl (C=O) groups is 1. The van der Waals surface area contributed by atoms with Crippen molar-refractivity contribution in [3.8, 4) is 5.69 Å². The number of aromatic nitrogens is 3. The van der Waals surface area contributed by atoms with Crippen LogP contribution in [0.2, 0.25) is 0 Å². The van der Waals surface area contributed by atoms with Crippen molar-refractivity contribution in [2.45, 2.75) is 13.8 Å². The fourth-order valence-electron chi connectivity index (χ4n) is 1.49. The highest BCUT2D eigenvalue weighted by Gasteiger charge is 2.14. The molecule has 2 rings (SSSR count). The van der Waals surface area contributed by atoms with Gasteiger partial charge in [0.05, 0.1) is 24.2 Å². The summed E-state index contributed by atoms with van der Waals surface area (Å²) in [4.78, 5) is 15.6. The lowest BCUT2D eigenvalue weighted by atomic mass is 10.3. The molecule has 88 valence electrons. The fourth-order valence-corrected chi connectivity index (χ4v) is 1.49. The minimum Gasteiger partial charge on any atom is -0.462 e. The van der Waals surface area contributed by atoms with E-state index in [0.29, 0.717) is 17.9 Å². The normalized spacial score (nSPS) is 10.2. The van der Waals surface area contributed by atoms with E-state index in [9.17, 15) is 4.79 Å². The van der Waals surface area contributed by atoms with Crippen LogP contribution < -0.4 is 0 Å². The van der Waals surface area contributed by atoms with Crippen LogP contribution in [0.4, 0.5) is 0 Å². The third kappa shape index (κ3) is 2.33. The molecule has 0 saturated heterocycles. The van der Waals surface area contributed by atoms with Crippen molar-refractivity contribution < 1.29 is 9.53 Å². The van der Waals surface area contributed by atoms with Crippen molar-refractivity contribution in [2.24, 2.45) is 0 Å². The van der Waals surface area contributed by atoms with Gasteiger partial charge in [-0.15, -0.1) is 0 Å². The van der Waals surface area contributed by atoms with Gasteiger partial charge >= 0.3 is 5.97 Å². The Bertz CT molecular complexity index is 520. The van der Waals surface area contributed by atoms with Crippen molar-refractivity contribution in [1.82, 2.24) is 14.8 Å². The second-order valence-electron chi connectivity index (χ2n) is 3.50. The smallest absolute Gasteiger partial charge is 0.341 e. The zero-order valence-corrected chi connectivity index (χ0v) is 9.75. The molecule has 2 heterocycles. The van der Waals surface area contributed by atoms with Gasteiger partial charge in [0.25, 0.3) is 0 Å². The number of esters is 1. The maximum Gasteiger partial charge on any atom is 0.341 e. The van der Waals surface area contributed by atoms with E-state index in [1.165, 1.54) is 0 Å². The van der Waals surface area contributed by atoms with Gasteiger partial charge in [0.1, 0.15) is 5.56 Å². The van der Waals surface area contributed by atoms with Crippen LogP contribution in [0.3, 0.4) is 0 Å². The van der Waals surface area contributed by atoms with Gasteiger partial charge in [0, 0.05) is 12.4 Å². The summed E-state index contributed by atoms with van der Waals surface area (Å²) in [5, 5.41) is 4.26. The van der Waals surface area contributed by atoms with Gasteiger partial charge < -0.3 is 4.74 Å². The molecule has 17 heavy (non-hydrogen) atoms. The Labute approximate surface area is 99.1 Å². The number of ether oxygens (including phenoxy) is 1. The lowest BCUT2D eigenvalue weighted by molar-refractivity contribution is 0.0525. The van der Waals surface area contributed by atoms with E-state index in [2.05, 4.69) is 10.1 Å². The van der Waals surface area contributed by atoms with Gasteiger partial charge in [-0.2, -0.15) is 5.10 Å². The Morgan fingerprint density at radius 1 is 1.53 bits per heavy atom. The van der Waals surface area contributed by atoms with Crippen molar-refractivity contribution >= 4 is 5.97 Å². The topological polar surface area (TPSA) is 57.0 Å². The van der Waals surface area contributed by atoms with Gasteiger partial charge in [-0.1, -0.05) is 0 Å². The van der Waals surface area contributed by atoms with Crippen LogP contribution >= 0.6 is 0 Å². The molecule has 0 N–H and O–H groups in total. The molecular formula is C12H13N3O2. The van der Waals surface area contributed by atoms with Gasteiger partial charge in [-0.05, 0) is 26.0 Å². The molecule has 0 amide bonds. The first-order chi connectivity index (χ1) is 8.22. The van der Waals surface area contributed by atoms with Crippen LogP contribution in [-0.4, -0.2) is 27.3 Å². The van der Waals surface area contributed by atoms with Crippen LogP contribution in [0.1, 0.15) is 23.0 Å². The van der Waals surface area contributed by atoms with Gasteiger partial charge in [0.15, 0.2) is 0 Å². The largest absolute Gasteiger partial charge is 0.462 e. The fraction of sp³-hybridized carbons (Fsp3) is 0.250. The van der Waals surface area contributed by atoms with E-state index in [1.807, 2.05) is 12.1 Å². The summed E-state index contributed by atoms with van der Waals surface area (Å²) in [6, 6.07) is 3.69. The van der Waals surface area contributed by atoms with Gasteiger partial charge in [-0.25, -0.2) is 9.48 Å². The summed E-state index contributed by atoms with van der Waals surface area (Å²) in [5.41, 5.74) is 1.94. The number of aryl methyl sites for hydroxylation is 1. The highest BCUT2D eigenvalue weighted by molar-refractivity contribution is 5.90. The van der Waals surface area contributed by atoms with Crippen LogP contribution in [-0.2, 0) is 4.74 Å². The molecule has 2 aromatic rings. The first-order valence-corrected chi connectivity index (χ1v) is 5.36. The lowest BCUT2D eigenvalue weighted by Crippen LogP contribution is -2.04. The molecule has 2 aromatic heterocycles. The second kappa shape index (κ2) is 4.78. The lowest BCUT2D eigenvalue weighted by Gasteiger charge is -1.99. The van der Waals surface area contributed by atoms with Crippen LogP contribution in [0, 0.1) is 6.92 Å². The van der Waals surface area contributed by atoms with E-state index >= 15 is 0 Å². The predicted molar refractivity (Wildman–Crippen MR) is 62.1 cm³/mol. The Morgan fingerprint density at radius 2 is 2.35 bits per heavy atom. The molecule has 0 aliphatic heterocycles. The van der Waals surface area contributed by atoms with Crippen molar-refractivity contribution in [3.63, 3.8) is 0 Å². The quantitative estimate of drug-likeness (QED) is 0.755. The molecule has 0 saturated carbocycles. The summed E-state index contributed by atoms with van der Waals surface area (Å²) in [6.07, 6.45) is 5.03. The Morgan fingerprint density at radius 3 is 3.00 bits per heavy atom. The zero-order valence-electron chi connectivity index (χ0n) is 9.75. The van der Waals surface area contributed by atoms with Gasteiger partial charge in [0.2, 0.25) is 0 Å². The maximum absolute atomic E-state index is 11.6. The highest BCUT2D eigenvalue weighted by Crippen LogP contribution is 2.11. The number of pyridine rings is 1. The minimum absolute atomic E-state index is 0.347. The van der Waals surface area contributed by atoms with Crippen molar-refractivity contribution in [1.29, 1.82) is 0 Å². The molecule has 0 bridgehead atoms. The third-order valence-electron chi connectivity index (χ3n) is 2.30. The number of rotatable bonds is 3. The SMILES string of the molecule is CCOC(=O)c1cn(-c2cccnc2)nc1C. The molecule has 0 aliphatic carbocycles. The maximum atomic E-state index is 11.6. The van der Waals surface area contributed by atoms with Crippen LogP contribution in [0.15, 0.2) is 30.7 Å². The molecule has 0 fully saturated rings. The van der Waals surface area contributed by atoms with Gasteiger partial charge in [-0.3, -0.25) is 4.98 Å². The summed E-state index contributed by atoms with van der Waals surface area (Å²) in [7, 11) is 0. The Hall–Kier alpha value is -2.17. The second-order valence-corrected chi connectivity index (χ2v) is 3.50. The molecule has 5 heteroatoms. The van der Waals surface area contributed by atoms with E-state index in [-0.39, 0.29) is 5.97 Å². The highest BCUT2D eigenvalue weighted by atomic mass is 16.5. The van der Waals surface area contributed by atoms with E-state index in [0.717, 1.165) is 5.69 Å². The van der Waals surface area contributed by atoms with Crippen LogP contribution in [0.5, 0.6) is 0 Å². The molecule has 0 radical (unpaired) electrons. The third-order valence-corrected chi connectivity index (χ3v) is 2.30. The Kier molecular flexibility index (Phi) is 3.18. The number of nitrogens with zero attached hydrogens (tertiary/aromatic N) is 3. The van der Waals surface area contributed by atoms with E-state index in [1.54, 1.807) is 37.1 Å². The van der Waals surface area contributed by atoms with Crippen molar-refractivity contribution in [2.75, 3.05) is 6.61 Å². The Balaban J connectivity index is 2.34. The number of carbonyl (C=O) groups excluding carboxylic acids is 1. The molecule has 0 aromatic carbocycles. The first kappa shape index (κ1) is 11.3. The molecule has 0 aliphatic rings. The summed E-state index contributed by atoms with van der Waals surface area (Å²) in [5.74, 6) is -0.347. The zero-order chi connectivity index (χ0) is 12.3. The molecule has 0 spiro atoms. The summed E-state index contributed by atoms with van der Waals surface area (Å²) < 4.78 is 6.57. The summed E-state index contributed by atoms with van der Waals surface area (Å²) >= 11 is 0. The summed E-state index contributed by atoms with van der Waals surface area (Å²) in [6.45, 7) is 3.91. The number of hydrogen-bond acceptors (Lipinski definition) is 4. The predicted octanol–water partition coefficient (Wildman–Crippen LogP) is 1.75. The molecular weight excluding hydrogens is 218 g/mol. The average Bonchev–Trinajstić information content (AvgIpc) is 2.73. The molecule has 0 atom stereocenters. The van der Waals surface area contributed by atoms with E-state index in [4.69, 9.17) is 4.74 Å². The number of hydrogen-bond donors (Lipinski definition) is 0.